The van der Waals surface area contributed by atoms with E-state index in [2.05, 4.69) is 4.98 Å². The number of rotatable bonds is 6. The minimum Gasteiger partial charge on any atom is -0.544 e. The second-order valence-electron chi connectivity index (χ2n) is 5.23. The van der Waals surface area contributed by atoms with Crippen molar-refractivity contribution < 1.29 is 14.6 Å². The van der Waals surface area contributed by atoms with Gasteiger partial charge in [-0.25, -0.2) is 4.98 Å². The number of hydrogen-bond donors (Lipinski definition) is 0. The standard InChI is InChI=1S/C20H14N2O3S/c21-12-13-25-16-9-6-14(7-10-16)8-11-17-22-18(19(26-17)20(23)24)15-4-2-1-3-5-15/h1-11H,13H2,(H,23,24)/p-1/b11-8+. The summed E-state index contributed by atoms with van der Waals surface area (Å²) in [6.07, 6.45) is 3.59. The van der Waals surface area contributed by atoms with E-state index in [0.29, 0.717) is 16.5 Å². The maximum atomic E-state index is 11.4. The summed E-state index contributed by atoms with van der Waals surface area (Å²) in [6, 6.07) is 18.3. The number of ether oxygens (including phenoxy) is 1. The summed E-state index contributed by atoms with van der Waals surface area (Å²) in [4.78, 5) is 15.9. The van der Waals surface area contributed by atoms with Crippen molar-refractivity contribution in [1.82, 2.24) is 4.98 Å². The van der Waals surface area contributed by atoms with Crippen molar-refractivity contribution in [3.8, 4) is 23.1 Å². The predicted octanol–water partition coefficient (Wildman–Crippen LogP) is 3.25. The van der Waals surface area contributed by atoms with Gasteiger partial charge in [0, 0.05) is 5.56 Å². The van der Waals surface area contributed by atoms with E-state index in [0.717, 1.165) is 22.5 Å². The van der Waals surface area contributed by atoms with Gasteiger partial charge in [0.25, 0.3) is 0 Å². The average molecular weight is 361 g/mol. The van der Waals surface area contributed by atoms with Gasteiger partial charge in [0.2, 0.25) is 0 Å². The van der Waals surface area contributed by atoms with Crippen LogP contribution in [0.1, 0.15) is 20.2 Å². The van der Waals surface area contributed by atoms with Crippen LogP contribution in [0.4, 0.5) is 0 Å². The summed E-state index contributed by atoms with van der Waals surface area (Å²) in [5, 5.41) is 20.5. The van der Waals surface area contributed by atoms with Gasteiger partial charge in [-0.2, -0.15) is 5.26 Å². The van der Waals surface area contributed by atoms with Crippen LogP contribution >= 0.6 is 11.3 Å². The van der Waals surface area contributed by atoms with Gasteiger partial charge >= 0.3 is 0 Å². The Kier molecular flexibility index (Phi) is 5.42. The first kappa shape index (κ1) is 17.4. The van der Waals surface area contributed by atoms with Gasteiger partial charge in [-0.05, 0) is 23.8 Å². The molecule has 3 rings (SSSR count). The lowest BCUT2D eigenvalue weighted by Gasteiger charge is -2.01. The first-order chi connectivity index (χ1) is 12.7. The van der Waals surface area contributed by atoms with Crippen LogP contribution in [0.3, 0.4) is 0 Å². The Labute approximate surface area is 154 Å². The molecule has 2 aromatic carbocycles. The summed E-state index contributed by atoms with van der Waals surface area (Å²) in [6.45, 7) is 0.00254. The number of hydrogen-bond acceptors (Lipinski definition) is 6. The molecule has 3 aromatic rings. The summed E-state index contributed by atoms with van der Waals surface area (Å²) in [5.41, 5.74) is 2.05. The first-order valence-electron chi connectivity index (χ1n) is 7.73. The molecule has 0 amide bonds. The molecule has 26 heavy (non-hydrogen) atoms. The highest BCUT2D eigenvalue weighted by atomic mass is 32.1. The van der Waals surface area contributed by atoms with Crippen molar-refractivity contribution in [3.63, 3.8) is 0 Å². The van der Waals surface area contributed by atoms with Crippen LogP contribution in [0.15, 0.2) is 54.6 Å². The zero-order valence-corrected chi connectivity index (χ0v) is 14.4. The number of aromatic carboxylic acids is 1. The van der Waals surface area contributed by atoms with Crippen molar-refractivity contribution in [2.45, 2.75) is 0 Å². The Morgan fingerprint density at radius 3 is 2.54 bits per heavy atom. The normalized spacial score (nSPS) is 10.6. The van der Waals surface area contributed by atoms with Gasteiger partial charge in [0.05, 0.1) is 16.5 Å². The highest BCUT2D eigenvalue weighted by Gasteiger charge is 2.12. The molecule has 0 aliphatic carbocycles. The molecular weight excluding hydrogens is 348 g/mol. The van der Waals surface area contributed by atoms with Gasteiger partial charge < -0.3 is 14.6 Å². The molecule has 6 heteroatoms. The molecule has 0 N–H and O–H groups in total. The molecule has 0 saturated carbocycles. The van der Waals surface area contributed by atoms with Gasteiger partial charge in [-0.15, -0.1) is 11.3 Å². The van der Waals surface area contributed by atoms with Crippen molar-refractivity contribution in [3.05, 3.63) is 70.0 Å². The van der Waals surface area contributed by atoms with E-state index in [9.17, 15) is 9.90 Å². The highest BCUT2D eigenvalue weighted by Crippen LogP contribution is 2.29. The molecular formula is C20H13N2O3S-. The Morgan fingerprint density at radius 2 is 1.88 bits per heavy atom. The quantitative estimate of drug-likeness (QED) is 0.673. The van der Waals surface area contributed by atoms with E-state index >= 15 is 0 Å². The molecule has 0 fully saturated rings. The summed E-state index contributed by atoms with van der Waals surface area (Å²) in [5.74, 6) is -0.622. The van der Waals surface area contributed by atoms with E-state index in [4.69, 9.17) is 10.00 Å². The second kappa shape index (κ2) is 8.10. The zero-order chi connectivity index (χ0) is 18.4. The van der Waals surface area contributed by atoms with Gasteiger partial charge in [0.1, 0.15) is 16.8 Å². The average Bonchev–Trinajstić information content (AvgIpc) is 3.11. The molecule has 0 radical (unpaired) electrons. The lowest BCUT2D eigenvalue weighted by molar-refractivity contribution is -0.254. The third-order valence-electron chi connectivity index (χ3n) is 3.48. The van der Waals surface area contributed by atoms with E-state index in [1.807, 2.05) is 54.6 Å². The molecule has 1 aromatic heterocycles. The minimum atomic E-state index is -1.24. The highest BCUT2D eigenvalue weighted by molar-refractivity contribution is 7.14. The fourth-order valence-corrected chi connectivity index (χ4v) is 3.12. The van der Waals surface area contributed by atoms with Crippen molar-refractivity contribution in [1.29, 1.82) is 5.26 Å². The number of thiazole rings is 1. The summed E-state index contributed by atoms with van der Waals surface area (Å²) < 4.78 is 5.20. The molecule has 0 bridgehead atoms. The van der Waals surface area contributed by atoms with Crippen molar-refractivity contribution >= 4 is 29.5 Å². The van der Waals surface area contributed by atoms with Crippen LogP contribution in [-0.2, 0) is 0 Å². The number of carboxylic acids is 1. The molecule has 0 aliphatic heterocycles. The van der Waals surface area contributed by atoms with Crippen LogP contribution < -0.4 is 9.84 Å². The van der Waals surface area contributed by atoms with E-state index in [1.165, 1.54) is 0 Å². The monoisotopic (exact) mass is 361 g/mol. The smallest absolute Gasteiger partial charge is 0.174 e. The largest absolute Gasteiger partial charge is 0.544 e. The third kappa shape index (κ3) is 4.15. The number of carbonyl (C=O) groups is 1. The maximum absolute atomic E-state index is 11.4. The van der Waals surface area contributed by atoms with Crippen LogP contribution in [0.25, 0.3) is 23.4 Å². The SMILES string of the molecule is N#CCOc1ccc(/C=C/c2nc(-c3ccccc3)c(C(=O)[O-])s2)cc1. The number of aromatic nitrogens is 1. The molecule has 0 spiro atoms. The lowest BCUT2D eigenvalue weighted by atomic mass is 10.1. The van der Waals surface area contributed by atoms with Crippen LogP contribution in [0.5, 0.6) is 5.75 Å². The fraction of sp³-hybridized carbons (Fsp3) is 0.0500. The van der Waals surface area contributed by atoms with E-state index < -0.39 is 5.97 Å². The molecule has 0 aliphatic rings. The maximum Gasteiger partial charge on any atom is 0.174 e. The van der Waals surface area contributed by atoms with Crippen molar-refractivity contribution in [2.75, 3.05) is 6.61 Å². The third-order valence-corrected chi connectivity index (χ3v) is 4.48. The summed E-state index contributed by atoms with van der Waals surface area (Å²) in [7, 11) is 0. The Balaban J connectivity index is 1.83. The Bertz CT molecular complexity index is 971. The lowest BCUT2D eigenvalue weighted by Crippen LogP contribution is -2.21. The minimum absolute atomic E-state index is 0.00254. The predicted molar refractivity (Wildman–Crippen MR) is 98.4 cm³/mol. The molecule has 128 valence electrons. The summed E-state index contributed by atoms with van der Waals surface area (Å²) >= 11 is 1.08. The zero-order valence-electron chi connectivity index (χ0n) is 13.6. The van der Waals surface area contributed by atoms with Crippen LogP contribution in [0, 0.1) is 11.3 Å². The topological polar surface area (TPSA) is 86.0 Å². The van der Waals surface area contributed by atoms with Crippen molar-refractivity contribution in [2.24, 2.45) is 0 Å². The number of nitrogens with zero attached hydrogens (tertiary/aromatic N) is 2. The first-order valence-corrected chi connectivity index (χ1v) is 8.54. The number of nitriles is 1. The van der Waals surface area contributed by atoms with Gasteiger partial charge in [0.15, 0.2) is 6.61 Å². The van der Waals surface area contributed by atoms with Gasteiger partial charge in [-0.3, -0.25) is 0 Å². The molecule has 0 unspecified atom stereocenters. The fourth-order valence-electron chi connectivity index (χ4n) is 2.30. The number of benzene rings is 2. The van der Waals surface area contributed by atoms with Gasteiger partial charge in [-0.1, -0.05) is 48.5 Å². The molecule has 0 atom stereocenters. The second-order valence-corrected chi connectivity index (χ2v) is 6.26. The van der Waals surface area contributed by atoms with Crippen LogP contribution in [0.2, 0.25) is 0 Å². The van der Waals surface area contributed by atoms with E-state index in [-0.39, 0.29) is 11.5 Å². The Morgan fingerprint density at radius 1 is 1.15 bits per heavy atom. The number of carbonyl (C=O) groups excluding carboxylic acids is 1. The van der Waals surface area contributed by atoms with E-state index in [1.54, 1.807) is 18.2 Å². The van der Waals surface area contributed by atoms with Crippen LogP contribution in [-0.4, -0.2) is 17.6 Å². The number of carboxylic acid groups (broad SMARTS) is 1. The Hall–Kier alpha value is -3.43. The molecule has 0 saturated heterocycles. The molecule has 1 heterocycles. The molecule has 5 nitrogen and oxygen atoms in total.